The van der Waals surface area contributed by atoms with Crippen LogP contribution in [0.15, 0.2) is 18.2 Å². The number of carbonyl (C=O) groups is 1. The van der Waals surface area contributed by atoms with Gasteiger partial charge in [-0.3, -0.25) is 4.79 Å². The number of benzene rings is 1. The number of aryl methyl sites for hydroxylation is 1. The van der Waals surface area contributed by atoms with E-state index >= 15 is 0 Å². The summed E-state index contributed by atoms with van der Waals surface area (Å²) in [5.41, 5.74) is 6.88. The molecule has 22 heavy (non-hydrogen) atoms. The first-order valence-corrected chi connectivity index (χ1v) is 8.52. The number of thiophene rings is 1. The average Bonchev–Trinajstić information content (AvgIpc) is 2.83. The van der Waals surface area contributed by atoms with Crippen molar-refractivity contribution in [3.8, 4) is 0 Å². The third kappa shape index (κ3) is 2.75. The molecule has 2 N–H and O–H groups in total. The monoisotopic (exact) mass is 320 g/mol. The lowest BCUT2D eigenvalue weighted by molar-refractivity contribution is 0.0665. The van der Waals surface area contributed by atoms with E-state index in [-0.39, 0.29) is 17.8 Å². The molecule has 1 saturated heterocycles. The van der Waals surface area contributed by atoms with E-state index in [1.807, 2.05) is 18.7 Å². The molecule has 0 radical (unpaired) electrons. The summed E-state index contributed by atoms with van der Waals surface area (Å²) in [6, 6.07) is 4.81. The van der Waals surface area contributed by atoms with E-state index < -0.39 is 0 Å². The maximum atomic E-state index is 13.4. The van der Waals surface area contributed by atoms with Crippen molar-refractivity contribution < 1.29 is 9.18 Å². The van der Waals surface area contributed by atoms with Gasteiger partial charge >= 0.3 is 0 Å². The zero-order chi connectivity index (χ0) is 15.9. The number of carbonyl (C=O) groups excluding carboxylic acids is 1. The zero-order valence-electron chi connectivity index (χ0n) is 12.9. The summed E-state index contributed by atoms with van der Waals surface area (Å²) in [7, 11) is 0. The molecular formula is C17H21FN2OS. The molecule has 2 unspecified atom stereocenters. The van der Waals surface area contributed by atoms with E-state index in [4.69, 9.17) is 5.73 Å². The second kappa shape index (κ2) is 5.97. The van der Waals surface area contributed by atoms with Gasteiger partial charge in [0.1, 0.15) is 5.82 Å². The van der Waals surface area contributed by atoms with Crippen LogP contribution in [0.5, 0.6) is 0 Å². The lowest BCUT2D eigenvalue weighted by Crippen LogP contribution is -2.45. The van der Waals surface area contributed by atoms with Crippen LogP contribution < -0.4 is 5.73 Å². The van der Waals surface area contributed by atoms with E-state index in [9.17, 15) is 9.18 Å². The summed E-state index contributed by atoms with van der Waals surface area (Å²) >= 11 is 1.45. The first kappa shape index (κ1) is 15.4. The fourth-order valence-electron chi connectivity index (χ4n) is 3.16. The Morgan fingerprint density at radius 1 is 1.50 bits per heavy atom. The van der Waals surface area contributed by atoms with Crippen molar-refractivity contribution in [1.29, 1.82) is 0 Å². The van der Waals surface area contributed by atoms with Gasteiger partial charge in [-0.15, -0.1) is 11.3 Å². The lowest BCUT2D eigenvalue weighted by atomic mass is 9.92. The highest BCUT2D eigenvalue weighted by atomic mass is 32.1. The molecule has 0 aliphatic carbocycles. The molecule has 2 heterocycles. The molecule has 2 aromatic rings. The smallest absolute Gasteiger partial charge is 0.264 e. The second-order valence-electron chi connectivity index (χ2n) is 6.21. The second-order valence-corrected chi connectivity index (χ2v) is 7.26. The van der Waals surface area contributed by atoms with Crippen LogP contribution in [0.2, 0.25) is 0 Å². The highest BCUT2D eigenvalue weighted by Gasteiger charge is 2.28. The topological polar surface area (TPSA) is 46.3 Å². The van der Waals surface area contributed by atoms with Gasteiger partial charge in [-0.1, -0.05) is 0 Å². The van der Waals surface area contributed by atoms with Crippen molar-refractivity contribution in [2.24, 2.45) is 11.7 Å². The molecule has 0 bridgehead atoms. The van der Waals surface area contributed by atoms with Crippen molar-refractivity contribution in [2.75, 3.05) is 13.1 Å². The number of hydrogen-bond acceptors (Lipinski definition) is 3. The van der Waals surface area contributed by atoms with Crippen LogP contribution in [0, 0.1) is 18.7 Å². The minimum Gasteiger partial charge on any atom is -0.338 e. The van der Waals surface area contributed by atoms with Crippen molar-refractivity contribution >= 4 is 27.3 Å². The van der Waals surface area contributed by atoms with Gasteiger partial charge in [0.15, 0.2) is 0 Å². The Kier molecular flexibility index (Phi) is 4.19. The van der Waals surface area contributed by atoms with Crippen LogP contribution in [-0.2, 0) is 0 Å². The molecule has 1 aromatic carbocycles. The number of nitrogens with zero attached hydrogens (tertiary/aromatic N) is 1. The summed E-state index contributed by atoms with van der Waals surface area (Å²) in [6.45, 7) is 5.41. The molecular weight excluding hydrogens is 299 g/mol. The van der Waals surface area contributed by atoms with Crippen molar-refractivity contribution in [2.45, 2.75) is 32.7 Å². The van der Waals surface area contributed by atoms with Gasteiger partial charge in [0, 0.05) is 23.8 Å². The fourth-order valence-corrected chi connectivity index (χ4v) is 4.32. The molecule has 1 aliphatic rings. The predicted octanol–water partition coefficient (Wildman–Crippen LogP) is 3.55. The number of nitrogens with two attached hydrogens (primary N) is 1. The van der Waals surface area contributed by atoms with Crippen LogP contribution in [0.25, 0.3) is 10.1 Å². The maximum Gasteiger partial charge on any atom is 0.264 e. The van der Waals surface area contributed by atoms with Crippen LogP contribution >= 0.6 is 11.3 Å². The van der Waals surface area contributed by atoms with Gasteiger partial charge in [-0.25, -0.2) is 4.39 Å². The third-order valence-electron chi connectivity index (χ3n) is 4.58. The minimum atomic E-state index is -0.262. The van der Waals surface area contributed by atoms with Crippen LogP contribution in [0.1, 0.15) is 35.0 Å². The molecule has 1 aromatic heterocycles. The van der Waals surface area contributed by atoms with Gasteiger partial charge in [0.2, 0.25) is 0 Å². The molecule has 2 atom stereocenters. The normalized spacial score (nSPS) is 20.4. The maximum absolute atomic E-state index is 13.4. The Bertz CT molecular complexity index is 710. The number of piperidine rings is 1. The first-order valence-electron chi connectivity index (χ1n) is 7.71. The number of rotatable bonds is 2. The Hall–Kier alpha value is -1.46. The van der Waals surface area contributed by atoms with E-state index in [0.29, 0.717) is 5.92 Å². The summed E-state index contributed by atoms with van der Waals surface area (Å²) in [6.07, 6.45) is 2.08. The van der Waals surface area contributed by atoms with Gasteiger partial charge < -0.3 is 10.6 Å². The van der Waals surface area contributed by atoms with E-state index in [1.165, 1.54) is 23.5 Å². The predicted molar refractivity (Wildman–Crippen MR) is 88.8 cm³/mol. The molecule has 0 saturated carbocycles. The van der Waals surface area contributed by atoms with E-state index in [0.717, 1.165) is 46.5 Å². The molecule has 118 valence electrons. The van der Waals surface area contributed by atoms with Gasteiger partial charge in [0.25, 0.3) is 5.91 Å². The van der Waals surface area contributed by atoms with Crippen molar-refractivity contribution in [3.05, 3.63) is 34.5 Å². The highest BCUT2D eigenvalue weighted by Crippen LogP contribution is 2.33. The average molecular weight is 320 g/mol. The first-order chi connectivity index (χ1) is 10.5. The minimum absolute atomic E-state index is 0.0597. The quantitative estimate of drug-likeness (QED) is 0.920. The number of amides is 1. The molecule has 5 heteroatoms. The zero-order valence-corrected chi connectivity index (χ0v) is 13.8. The van der Waals surface area contributed by atoms with Gasteiger partial charge in [-0.2, -0.15) is 0 Å². The molecule has 1 fully saturated rings. The Morgan fingerprint density at radius 3 is 3.00 bits per heavy atom. The number of halogens is 1. The summed E-state index contributed by atoms with van der Waals surface area (Å²) in [5.74, 6) is 0.164. The summed E-state index contributed by atoms with van der Waals surface area (Å²) < 4.78 is 14.4. The van der Waals surface area contributed by atoms with Crippen LogP contribution in [0.3, 0.4) is 0 Å². The standard InChI is InChI=1S/C17H21FN2OS/c1-10-14-8-13(18)5-6-15(14)22-16(10)17(21)20-7-3-4-12(9-20)11(2)19/h5-6,8,11-12H,3-4,7,9,19H2,1-2H3. The fraction of sp³-hybridized carbons (Fsp3) is 0.471. The Morgan fingerprint density at radius 2 is 2.27 bits per heavy atom. The molecule has 1 aliphatic heterocycles. The van der Waals surface area contributed by atoms with Crippen molar-refractivity contribution in [3.63, 3.8) is 0 Å². The molecule has 0 spiro atoms. The van der Waals surface area contributed by atoms with Crippen molar-refractivity contribution in [1.82, 2.24) is 4.90 Å². The molecule has 3 rings (SSSR count). The highest BCUT2D eigenvalue weighted by molar-refractivity contribution is 7.21. The summed E-state index contributed by atoms with van der Waals surface area (Å²) in [5, 5.41) is 0.842. The number of fused-ring (bicyclic) bond motifs is 1. The SMILES string of the molecule is Cc1c(C(=O)N2CCCC(C(C)N)C2)sc2ccc(F)cc12. The molecule has 1 amide bonds. The number of likely N-dealkylation sites (tertiary alicyclic amines) is 1. The van der Waals surface area contributed by atoms with Gasteiger partial charge in [0.05, 0.1) is 4.88 Å². The Labute approximate surface area is 133 Å². The largest absolute Gasteiger partial charge is 0.338 e. The number of hydrogen-bond donors (Lipinski definition) is 1. The Balaban J connectivity index is 1.90. The summed E-state index contributed by atoms with van der Waals surface area (Å²) in [4.78, 5) is 15.5. The van der Waals surface area contributed by atoms with Gasteiger partial charge in [-0.05, 0) is 61.8 Å². The van der Waals surface area contributed by atoms with E-state index in [1.54, 1.807) is 6.07 Å². The molecule has 3 nitrogen and oxygen atoms in total. The van der Waals surface area contributed by atoms with Crippen LogP contribution in [0.4, 0.5) is 4.39 Å². The van der Waals surface area contributed by atoms with Crippen LogP contribution in [-0.4, -0.2) is 29.9 Å². The lowest BCUT2D eigenvalue weighted by Gasteiger charge is -2.34. The third-order valence-corrected chi connectivity index (χ3v) is 5.84. The van der Waals surface area contributed by atoms with E-state index in [2.05, 4.69) is 0 Å².